The van der Waals surface area contributed by atoms with Crippen molar-refractivity contribution in [3.05, 3.63) is 77.5 Å². The van der Waals surface area contributed by atoms with Crippen molar-refractivity contribution in [2.75, 3.05) is 17.1 Å². The maximum absolute atomic E-state index is 12.9. The van der Waals surface area contributed by atoms with Gasteiger partial charge in [-0.05, 0) is 30.7 Å². The number of rotatable bonds is 8. The molecular formula is C23H21ClN8O3S. The number of hydrogen-bond donors (Lipinski definition) is 1. The molecule has 0 aromatic carbocycles. The van der Waals surface area contributed by atoms with E-state index >= 15 is 0 Å². The minimum Gasteiger partial charge on any atom is -0.475 e. The molecule has 0 saturated heterocycles. The molecule has 3 aromatic rings. The van der Waals surface area contributed by atoms with Crippen LogP contribution in [0.25, 0.3) is 11.4 Å². The van der Waals surface area contributed by atoms with Crippen molar-refractivity contribution in [2.24, 2.45) is 0 Å². The number of aromatic nitrogens is 6. The summed E-state index contributed by atoms with van der Waals surface area (Å²) in [7, 11) is -3.85. The second-order valence-corrected chi connectivity index (χ2v) is 10.1. The minimum atomic E-state index is -3.85. The molecule has 11 nitrogen and oxygen atoms in total. The summed E-state index contributed by atoms with van der Waals surface area (Å²) in [5, 5.41) is 17.7. The van der Waals surface area contributed by atoms with Gasteiger partial charge in [0.25, 0.3) is 0 Å². The van der Waals surface area contributed by atoms with Crippen LogP contribution >= 0.6 is 11.6 Å². The minimum absolute atomic E-state index is 0.00521. The van der Waals surface area contributed by atoms with Crippen LogP contribution in [0.1, 0.15) is 18.8 Å². The Bertz CT molecular complexity index is 1490. The highest BCUT2D eigenvalue weighted by atomic mass is 35.5. The maximum atomic E-state index is 12.9. The Morgan fingerprint density at radius 1 is 1.36 bits per heavy atom. The van der Waals surface area contributed by atoms with Crippen LogP contribution in [0.2, 0.25) is 5.02 Å². The Kier molecular flexibility index (Phi) is 7.42. The van der Waals surface area contributed by atoms with Gasteiger partial charge in [-0.1, -0.05) is 30.3 Å². The zero-order chi connectivity index (χ0) is 25.7. The van der Waals surface area contributed by atoms with Crippen LogP contribution in [-0.4, -0.2) is 50.5 Å². The van der Waals surface area contributed by atoms with Gasteiger partial charge in [-0.15, -0.1) is 10.2 Å². The number of hydrogen-bond acceptors (Lipinski definition) is 9. The molecule has 1 aliphatic rings. The lowest BCUT2D eigenvalue weighted by atomic mass is 10.1. The average Bonchev–Trinajstić information content (AvgIpc) is 3.17. The van der Waals surface area contributed by atoms with Crippen molar-refractivity contribution < 1.29 is 13.2 Å². The Morgan fingerprint density at radius 3 is 2.89 bits per heavy atom. The number of anilines is 1. The summed E-state index contributed by atoms with van der Waals surface area (Å²) < 4.78 is 35.9. The van der Waals surface area contributed by atoms with Crippen molar-refractivity contribution in [3.8, 4) is 23.3 Å². The molecule has 1 atom stereocenters. The molecular weight excluding hydrogens is 504 g/mol. The molecule has 0 saturated carbocycles. The van der Waals surface area contributed by atoms with Crippen LogP contribution in [0.15, 0.2) is 66.7 Å². The normalized spacial score (nSPS) is 15.4. The molecule has 0 spiro atoms. The highest BCUT2D eigenvalue weighted by Gasteiger charge is 2.30. The Morgan fingerprint density at radius 2 is 2.14 bits per heavy atom. The van der Waals surface area contributed by atoms with Crippen LogP contribution < -0.4 is 9.46 Å². The van der Waals surface area contributed by atoms with E-state index in [4.69, 9.17) is 21.6 Å². The Labute approximate surface area is 212 Å². The van der Waals surface area contributed by atoms with Crippen molar-refractivity contribution in [3.63, 3.8) is 0 Å². The fourth-order valence-electron chi connectivity index (χ4n) is 3.37. The highest BCUT2D eigenvalue weighted by molar-refractivity contribution is 7.92. The van der Waals surface area contributed by atoms with E-state index in [0.717, 1.165) is 0 Å². The zero-order valence-corrected chi connectivity index (χ0v) is 20.7. The predicted molar refractivity (Wildman–Crippen MR) is 134 cm³/mol. The monoisotopic (exact) mass is 524 g/mol. The molecule has 0 aliphatic carbocycles. The van der Waals surface area contributed by atoms with Gasteiger partial charge in [0.15, 0.2) is 5.82 Å². The summed E-state index contributed by atoms with van der Waals surface area (Å²) in [6.07, 6.45) is 9.54. The van der Waals surface area contributed by atoms with E-state index in [2.05, 4.69) is 36.5 Å². The van der Waals surface area contributed by atoms with Gasteiger partial charge in [0.2, 0.25) is 21.9 Å². The third-order valence-corrected chi connectivity index (χ3v) is 6.60. The van der Waals surface area contributed by atoms with Crippen molar-refractivity contribution in [1.29, 1.82) is 5.26 Å². The van der Waals surface area contributed by atoms with Crippen molar-refractivity contribution in [2.45, 2.75) is 19.4 Å². The number of nitriles is 1. The van der Waals surface area contributed by atoms with E-state index in [0.29, 0.717) is 39.3 Å². The fraction of sp³-hybridized carbons (Fsp3) is 0.217. The van der Waals surface area contributed by atoms with Gasteiger partial charge in [0.1, 0.15) is 12.4 Å². The van der Waals surface area contributed by atoms with Crippen LogP contribution in [0.3, 0.4) is 0 Å². The molecule has 0 amide bonds. The quantitative estimate of drug-likeness (QED) is 0.346. The number of pyridine rings is 1. The van der Waals surface area contributed by atoms with Gasteiger partial charge in [-0.3, -0.25) is 9.29 Å². The van der Waals surface area contributed by atoms with Crippen molar-refractivity contribution >= 4 is 27.6 Å². The molecule has 0 fully saturated rings. The van der Waals surface area contributed by atoms with Gasteiger partial charge in [0, 0.05) is 30.6 Å². The number of halogens is 1. The van der Waals surface area contributed by atoms with E-state index < -0.39 is 16.1 Å². The number of fused-ring (bicyclic) bond motifs is 3. The highest BCUT2D eigenvalue weighted by Crippen LogP contribution is 2.36. The first-order valence-corrected chi connectivity index (χ1v) is 12.7. The summed E-state index contributed by atoms with van der Waals surface area (Å²) in [6, 6.07) is 4.97. The van der Waals surface area contributed by atoms with E-state index in [9.17, 15) is 8.42 Å². The second-order valence-electron chi connectivity index (χ2n) is 7.78. The lowest BCUT2D eigenvalue weighted by Gasteiger charge is -2.20. The number of allylic oxidation sites excluding steroid dienone is 4. The van der Waals surface area contributed by atoms with E-state index in [1.54, 1.807) is 48.0 Å². The third kappa shape index (κ3) is 5.76. The molecule has 1 aliphatic heterocycles. The first-order chi connectivity index (χ1) is 17.3. The third-order valence-electron chi connectivity index (χ3n) is 5.17. The fourth-order valence-corrected chi connectivity index (χ4v) is 4.44. The van der Waals surface area contributed by atoms with Gasteiger partial charge in [0.05, 0.1) is 28.5 Å². The summed E-state index contributed by atoms with van der Waals surface area (Å²) in [4.78, 5) is 12.3. The van der Waals surface area contributed by atoms with Crippen LogP contribution in [-0.2, 0) is 16.4 Å². The molecule has 1 N–H and O–H groups in total. The lowest BCUT2D eigenvalue weighted by molar-refractivity contribution is 0.271. The molecule has 13 heteroatoms. The maximum Gasteiger partial charge on any atom is 0.239 e. The summed E-state index contributed by atoms with van der Waals surface area (Å²) >= 11 is 5.79. The molecule has 4 rings (SSSR count). The molecule has 0 radical (unpaired) electrons. The molecule has 184 valence electrons. The summed E-state index contributed by atoms with van der Waals surface area (Å²) in [5.41, 5.74) is 1.67. The number of nitrogens with one attached hydrogen (secondary N) is 1. The number of ether oxygens (including phenoxy) is 1. The largest absolute Gasteiger partial charge is 0.475 e. The molecule has 4 heterocycles. The number of sulfonamides is 1. The zero-order valence-electron chi connectivity index (χ0n) is 19.2. The number of nitrogens with zero attached hydrogens (tertiary/aromatic N) is 7. The molecule has 36 heavy (non-hydrogen) atoms. The second kappa shape index (κ2) is 10.7. The molecule has 0 bridgehead atoms. The summed E-state index contributed by atoms with van der Waals surface area (Å²) in [6.45, 7) is 5.91. The van der Waals surface area contributed by atoms with Crippen molar-refractivity contribution in [1.82, 2.24) is 29.7 Å². The van der Waals surface area contributed by atoms with Gasteiger partial charge in [-0.25, -0.2) is 23.4 Å². The van der Waals surface area contributed by atoms with Crippen LogP contribution in [0.5, 0.6) is 5.88 Å². The standard InChI is InChI=1S/C23H21ClN8O3S/c1-15(11-25)5-3-6-16(2)19-14-35-22-18(7-4-9-26-22)21-29-30-23(32(19)21)31-36(33,34)10-8-20-27-12-17(24)13-28-20/h3-7,9,12-13,19H,2,8,10,14H2,1H3,(H,30,31)/b6-3-,15-5+/t19-/m0/s1. The van der Waals surface area contributed by atoms with Gasteiger partial charge in [-0.2, -0.15) is 5.26 Å². The average molecular weight is 525 g/mol. The lowest BCUT2D eigenvalue weighted by Crippen LogP contribution is -2.24. The topological polar surface area (TPSA) is 149 Å². The Balaban J connectivity index is 1.65. The Hall–Kier alpha value is -4.08. The predicted octanol–water partition coefficient (Wildman–Crippen LogP) is 3.28. The number of aryl methyl sites for hydroxylation is 1. The van der Waals surface area contributed by atoms with E-state index in [1.165, 1.54) is 12.4 Å². The first kappa shape index (κ1) is 25.0. The molecule has 3 aromatic heterocycles. The van der Waals surface area contributed by atoms with Crippen LogP contribution in [0, 0.1) is 11.3 Å². The SMILES string of the molecule is C=C(/C=C\C=C(/C)C#N)[C@@H]1COc2ncccc2-c2nnc(NS(=O)(=O)CCc3ncc(Cl)cn3)n21. The first-order valence-electron chi connectivity index (χ1n) is 10.7. The van der Waals surface area contributed by atoms with E-state index in [-0.39, 0.29) is 24.7 Å². The van der Waals surface area contributed by atoms with Gasteiger partial charge < -0.3 is 4.74 Å². The van der Waals surface area contributed by atoms with E-state index in [1.807, 2.05) is 6.07 Å². The van der Waals surface area contributed by atoms with Gasteiger partial charge >= 0.3 is 0 Å². The smallest absolute Gasteiger partial charge is 0.239 e. The molecule has 0 unspecified atom stereocenters. The van der Waals surface area contributed by atoms with Crippen LogP contribution in [0.4, 0.5) is 5.95 Å². The summed E-state index contributed by atoms with van der Waals surface area (Å²) in [5.74, 6) is 0.786.